The van der Waals surface area contributed by atoms with Crippen molar-refractivity contribution in [2.24, 2.45) is 23.1 Å². The average molecular weight is 1860 g/mol. The monoisotopic (exact) mass is 1850 g/mol. The molecule has 2 fully saturated rings. The van der Waals surface area contributed by atoms with E-state index in [1.54, 1.807) is 74.8 Å². The molecule has 5 heterocycles. The molecule has 0 saturated carbocycles. The van der Waals surface area contributed by atoms with Crippen LogP contribution in [0, 0.1) is 5.92 Å². The topological polar surface area (TPSA) is 643 Å². The number of H-pyrrole nitrogens is 3. The molecule has 2 aliphatic rings. The van der Waals surface area contributed by atoms with Crippen LogP contribution in [0.1, 0.15) is 128 Å². The van der Waals surface area contributed by atoms with Crippen LogP contribution < -0.4 is 70.4 Å². The Labute approximate surface area is 766 Å². The number of carbonyl (C=O) groups excluding carboxylic acids is 18. The van der Waals surface area contributed by atoms with Crippen molar-refractivity contribution < 1.29 is 102 Å². The molecule has 44 heteroatoms. The number of para-hydroxylation sites is 2. The number of unbranched alkanes of at least 4 members (excludes halogenated alkanes) is 2. The fourth-order valence-electron chi connectivity index (χ4n) is 15.6. The number of aromatic nitrogens is 4. The van der Waals surface area contributed by atoms with Gasteiger partial charge in [0, 0.05) is 125 Å². The lowest BCUT2D eigenvalue weighted by Crippen LogP contribution is -2.61. The van der Waals surface area contributed by atoms with Crippen molar-refractivity contribution in [1.82, 2.24) is 97.6 Å². The highest BCUT2D eigenvalue weighted by Crippen LogP contribution is 2.27. The fourth-order valence-corrected chi connectivity index (χ4v) is 16.4. The number of aliphatic hydroxyl groups excluding tert-OH is 2. The number of nitrogens with one attached hydrogen (secondary N) is 13. The van der Waals surface area contributed by atoms with E-state index in [1.807, 2.05) is 13.8 Å². The van der Waals surface area contributed by atoms with Gasteiger partial charge in [0.25, 0.3) is 0 Å². The van der Waals surface area contributed by atoms with Crippen LogP contribution in [0.5, 0.6) is 5.75 Å². The highest BCUT2D eigenvalue weighted by molar-refractivity contribution is 8.00. The Hall–Kier alpha value is -13.5. The first-order valence-electron chi connectivity index (χ1n) is 43.6. The van der Waals surface area contributed by atoms with Gasteiger partial charge in [-0.3, -0.25) is 86.3 Å². The maximum atomic E-state index is 15.7. The first-order valence-corrected chi connectivity index (χ1v) is 44.8. The Morgan fingerprint density at radius 2 is 1.07 bits per heavy atom. The summed E-state index contributed by atoms with van der Waals surface area (Å²) in [4.78, 5) is 278. The summed E-state index contributed by atoms with van der Waals surface area (Å²) >= 11 is 0.778. The summed E-state index contributed by atoms with van der Waals surface area (Å²) in [7, 11) is 5.00. The van der Waals surface area contributed by atoms with Gasteiger partial charge in [-0.1, -0.05) is 102 Å². The van der Waals surface area contributed by atoms with Gasteiger partial charge in [-0.25, -0.2) is 4.98 Å². The zero-order valence-corrected chi connectivity index (χ0v) is 76.1. The molecule has 0 bridgehead atoms. The van der Waals surface area contributed by atoms with Gasteiger partial charge in [0.2, 0.25) is 106 Å². The quantitative estimate of drug-likeness (QED) is 0.0265. The van der Waals surface area contributed by atoms with Crippen molar-refractivity contribution in [3.8, 4) is 5.75 Å². The second-order valence-electron chi connectivity index (χ2n) is 33.6. The summed E-state index contributed by atoms with van der Waals surface area (Å²) in [6.07, 6.45) is 2.17. The molecule has 18 amide bonds. The van der Waals surface area contributed by atoms with Crippen LogP contribution in [0.4, 0.5) is 0 Å². The molecule has 0 aliphatic carbocycles. The van der Waals surface area contributed by atoms with Gasteiger partial charge >= 0.3 is 0 Å². The van der Waals surface area contributed by atoms with Gasteiger partial charge in [-0.05, 0) is 79.5 Å². The summed E-state index contributed by atoms with van der Waals surface area (Å²) < 4.78 is 0. The maximum absolute atomic E-state index is 15.7. The molecule has 0 unspecified atom stereocenters. The van der Waals surface area contributed by atoms with E-state index in [0.717, 1.165) is 38.4 Å². The zero-order chi connectivity index (χ0) is 96.9. The largest absolute Gasteiger partial charge is 0.508 e. The number of primary amides is 3. The van der Waals surface area contributed by atoms with Crippen LogP contribution in [-0.2, 0) is 112 Å². The Bertz CT molecular complexity index is 5110. The molecule has 0 radical (unpaired) electrons. The highest BCUT2D eigenvalue weighted by atomic mass is 32.2. The summed E-state index contributed by atoms with van der Waals surface area (Å²) in [5.74, 6) is -19.2. The van der Waals surface area contributed by atoms with Crippen molar-refractivity contribution in [2.75, 3.05) is 65.9 Å². The lowest BCUT2D eigenvalue weighted by Gasteiger charge is -2.36. The van der Waals surface area contributed by atoms with E-state index in [2.05, 4.69) is 73.1 Å². The van der Waals surface area contributed by atoms with E-state index < -0.39 is 261 Å². The average Bonchev–Trinajstić information content (AvgIpc) is 1.53. The molecule has 43 nitrogen and oxygen atoms in total. The van der Waals surface area contributed by atoms with Crippen LogP contribution in [-0.4, -0.2) is 317 Å². The predicted octanol–water partition coefficient (Wildman–Crippen LogP) is -3.46. The van der Waals surface area contributed by atoms with Gasteiger partial charge < -0.3 is 125 Å². The number of fused-ring (bicyclic) bond motifs is 3. The number of hydrogen-bond acceptors (Lipinski definition) is 23. The molecule has 132 heavy (non-hydrogen) atoms. The molecule has 716 valence electrons. The number of benzene rings is 3. The number of aromatic amines is 3. The molecule has 8 rings (SSSR count). The van der Waals surface area contributed by atoms with E-state index in [0.29, 0.717) is 64.2 Å². The summed E-state index contributed by atoms with van der Waals surface area (Å²) in [6.45, 7) is 5.12. The third kappa shape index (κ3) is 29.5. The van der Waals surface area contributed by atoms with Crippen LogP contribution in [0.3, 0.4) is 0 Å². The van der Waals surface area contributed by atoms with Crippen molar-refractivity contribution >= 4 is 140 Å². The lowest BCUT2D eigenvalue weighted by atomic mass is 9.99. The second kappa shape index (κ2) is 49.5. The van der Waals surface area contributed by atoms with Crippen molar-refractivity contribution in [2.45, 2.75) is 216 Å². The Kier molecular flexibility index (Phi) is 38.9. The summed E-state index contributed by atoms with van der Waals surface area (Å²) in [5.41, 5.74) is 19.5. The summed E-state index contributed by atoms with van der Waals surface area (Å²) in [6, 6.07) is -1.46. The van der Waals surface area contributed by atoms with Gasteiger partial charge in [0.15, 0.2) is 0 Å². The standard InChI is InChI=1S/C88H122N22O21S/c1-10-12-22-68-82(125)100-60(30-47(3)4)78(121)105-67(77(120)95-40-73(91)116)44-132-45-75(118)98-63(31-49-24-26-53(112)27-25-49)85(128)107(7)48(5)76(119)102-65(36-72(90)115)84(127)106(6)42-74(117)97-62(34-52-39-92-46-96-52)80(123)99-59(28-29-71(89)114)87(130)110-41-54(113)35-70(110)83(126)101-61(32-50-37-93-57-20-16-14-18-55(50)57)79(122)104-66(43-111)81(124)103-64(33-51-38-94-58-21-17-15-19-56(51)58)86(129)109(9)69(23-13-11-2)88(131)108(68)8/h14-21,24-27,37-39,46-48,54,59-70,93-94,111-113H,10-13,22-23,28-36,40-45H2,1-9H3,(H2,89,114)(H2,90,115)(H2,91,116)(H,92,96)(H,95,120)(H,97,117)(H,98,118)(H,99,123)(H,100,125)(H,101,126)(H,102,119)(H,103,124)(H,104,122)(H,105,121)/t48-,54+,59-,60-,61-,62-,63-,64-,65-,66-,67-,68-,69-,70-/m0/s1. The molecule has 22 N–H and O–H groups in total. The SMILES string of the molecule is CCCC[C@H]1C(=O)N(C)[C@@H](CCCC)C(=O)N[C@@H](CC(C)C)C(=O)N[C@H](C(=O)NCC(N)=O)CSCC(=O)N[C@@H](Cc2ccc(O)cc2)C(=O)N(C)[C@@H](C)C(=O)N[C@@H](CC(N)=O)C(=O)N(C)CC(=O)N[C@@H](Cc2cnc[nH]2)C(=O)N[C@@H](CCC(N)=O)C(=O)N2C[C@H](O)C[C@H]2C(=O)N[C@@H](Cc2c[nH]c3ccccc23)C(=O)N[C@@H](CO)C(=O)N[C@@H](Cc2c[nH]c3ccccc23)C(=O)N1C. The highest BCUT2D eigenvalue weighted by Gasteiger charge is 2.46. The molecule has 14 atom stereocenters. The number of likely N-dealkylation sites (N-methyl/N-ethyl adjacent to an activating group) is 4. The van der Waals surface area contributed by atoms with Gasteiger partial charge in [-0.15, -0.1) is 11.8 Å². The van der Waals surface area contributed by atoms with Gasteiger partial charge in [-0.2, -0.15) is 0 Å². The molecular weight excluding hydrogens is 1730 g/mol. The minimum Gasteiger partial charge on any atom is -0.508 e. The molecule has 0 spiro atoms. The Morgan fingerprint density at radius 1 is 0.538 bits per heavy atom. The molecule has 2 aliphatic heterocycles. The van der Waals surface area contributed by atoms with Crippen molar-refractivity contribution in [3.05, 3.63) is 120 Å². The number of nitrogens with two attached hydrogens (primary N) is 3. The number of hydrogen-bond donors (Lipinski definition) is 19. The maximum Gasteiger partial charge on any atom is 0.245 e. The minimum absolute atomic E-state index is 0.00116. The van der Waals surface area contributed by atoms with Gasteiger partial charge in [0.1, 0.15) is 84.3 Å². The number of phenolic OH excluding ortho intramolecular Hbond substituents is 1. The number of imidazole rings is 1. The van der Waals surface area contributed by atoms with E-state index in [9.17, 15) is 68.1 Å². The van der Waals surface area contributed by atoms with E-state index in [1.165, 1.54) is 69.8 Å². The molecule has 3 aromatic carbocycles. The van der Waals surface area contributed by atoms with E-state index >= 15 is 33.6 Å². The van der Waals surface area contributed by atoms with Crippen LogP contribution in [0.15, 0.2) is 97.7 Å². The van der Waals surface area contributed by atoms with E-state index in [-0.39, 0.29) is 55.9 Å². The van der Waals surface area contributed by atoms with Crippen LogP contribution in [0.25, 0.3) is 21.8 Å². The molecule has 6 aromatic rings. The molecule has 3 aromatic heterocycles. The van der Waals surface area contributed by atoms with Crippen LogP contribution in [0.2, 0.25) is 0 Å². The molecular formula is C88H122N22O21S. The lowest BCUT2D eigenvalue weighted by molar-refractivity contribution is -0.149. The summed E-state index contributed by atoms with van der Waals surface area (Å²) in [5, 5.41) is 59.8. The third-order valence-electron chi connectivity index (χ3n) is 23.0. The number of aliphatic hydroxyl groups is 2. The van der Waals surface area contributed by atoms with Crippen LogP contribution >= 0.6 is 11.8 Å². The first kappa shape index (κ1) is 104. The number of amides is 18. The number of nitrogens with zero attached hydrogens (tertiary/aromatic N) is 6. The third-order valence-corrected chi connectivity index (χ3v) is 24.0. The fraction of sp³-hybridized carbons (Fsp3) is 0.511. The number of aromatic hydroxyl groups is 1. The van der Waals surface area contributed by atoms with Crippen molar-refractivity contribution in [1.29, 1.82) is 0 Å². The number of carbonyl (C=O) groups is 18. The molecule has 2 saturated heterocycles. The van der Waals surface area contributed by atoms with Gasteiger partial charge in [0.05, 0.1) is 44.3 Å². The number of rotatable bonds is 25. The zero-order valence-electron chi connectivity index (χ0n) is 75.3. The smallest absolute Gasteiger partial charge is 0.245 e. The Morgan fingerprint density at radius 3 is 1.65 bits per heavy atom. The second-order valence-corrected chi connectivity index (χ2v) is 34.6. The van der Waals surface area contributed by atoms with Crippen molar-refractivity contribution in [3.63, 3.8) is 0 Å². The van der Waals surface area contributed by atoms with E-state index in [4.69, 9.17) is 17.2 Å². The number of phenols is 1. The Balaban J connectivity index is 1.19. The minimum atomic E-state index is -1.92. The number of thioether (sulfide) groups is 1. The first-order chi connectivity index (χ1) is 62.7. The normalized spacial score (nSPS) is 24.1. The predicted molar refractivity (Wildman–Crippen MR) is 482 cm³/mol.